The van der Waals surface area contributed by atoms with Gasteiger partial charge in [-0.05, 0) is 24.5 Å². The number of likely N-dealkylation sites (tertiary alicyclic amines) is 2. The first kappa shape index (κ1) is 34.5. The Morgan fingerprint density at radius 1 is 1.00 bits per heavy atom. The second kappa shape index (κ2) is 14.2. The van der Waals surface area contributed by atoms with Gasteiger partial charge in [-0.15, -0.1) is 11.3 Å². The highest BCUT2D eigenvalue weighted by Gasteiger charge is 2.56. The van der Waals surface area contributed by atoms with Crippen molar-refractivity contribution in [3.63, 3.8) is 0 Å². The number of carbonyl (C=O) groups is 3. The van der Waals surface area contributed by atoms with Crippen LogP contribution in [-0.4, -0.2) is 84.6 Å². The highest BCUT2D eigenvalue weighted by Crippen LogP contribution is 2.49. The van der Waals surface area contributed by atoms with Gasteiger partial charge in [0.05, 0.1) is 12.0 Å². The molecular formula is C27H29F6N5O5S. The number of carboxylic acids is 2. The van der Waals surface area contributed by atoms with Crippen molar-refractivity contribution in [1.82, 2.24) is 24.6 Å². The lowest BCUT2D eigenvalue weighted by molar-refractivity contribution is -0.193. The van der Waals surface area contributed by atoms with Crippen molar-refractivity contribution < 1.29 is 50.9 Å². The summed E-state index contributed by atoms with van der Waals surface area (Å²) in [5, 5.41) is 21.8. The number of halogens is 6. The zero-order valence-corrected chi connectivity index (χ0v) is 24.1. The quantitative estimate of drug-likeness (QED) is 0.386. The SMILES string of the molecule is Cn1nccc1[C@@H]1CN(Cc2nccs2)C[C@]12CCCN(Cc1ccccc1)C2=O.O=C(O)C(F)(F)F.O=C(O)C(F)(F)F. The molecule has 2 saturated heterocycles. The molecule has 4 heterocycles. The van der Waals surface area contributed by atoms with E-state index in [1.54, 1.807) is 11.3 Å². The highest BCUT2D eigenvalue weighted by atomic mass is 32.1. The van der Waals surface area contributed by atoms with Crippen molar-refractivity contribution in [2.45, 2.75) is 44.2 Å². The van der Waals surface area contributed by atoms with Crippen LogP contribution >= 0.6 is 11.3 Å². The molecule has 240 valence electrons. The van der Waals surface area contributed by atoms with Gasteiger partial charge in [-0.3, -0.25) is 14.4 Å². The van der Waals surface area contributed by atoms with Crippen LogP contribution in [0.1, 0.15) is 35.0 Å². The molecule has 1 spiro atoms. The van der Waals surface area contributed by atoms with Gasteiger partial charge in [-0.25, -0.2) is 14.6 Å². The molecule has 0 radical (unpaired) electrons. The summed E-state index contributed by atoms with van der Waals surface area (Å²) >= 11 is 1.68. The fraction of sp³-hybridized carbons (Fsp3) is 0.444. The topological polar surface area (TPSA) is 129 Å². The summed E-state index contributed by atoms with van der Waals surface area (Å²) in [5.74, 6) is -5.07. The number of thiazole rings is 1. The number of aliphatic carboxylic acids is 2. The molecule has 2 atom stereocenters. The van der Waals surface area contributed by atoms with E-state index in [9.17, 15) is 31.1 Å². The number of amides is 1. The van der Waals surface area contributed by atoms with Crippen LogP contribution in [0.3, 0.4) is 0 Å². The standard InChI is InChI=1S/C23H27N5OS.2C2HF3O2/c1-26-20(8-10-25-26)19-15-27(16-21-24-11-13-30-21)17-23(19)9-5-12-28(22(23)29)14-18-6-3-2-4-7-18;2*3-2(4,5)1(6)7/h2-4,6-8,10-11,13,19H,5,9,12,14-17H2,1H3;2*(H,6,7)/t19-,23+;;/m0../s1. The molecule has 0 unspecified atom stereocenters. The summed E-state index contributed by atoms with van der Waals surface area (Å²) in [5.41, 5.74) is 1.96. The van der Waals surface area contributed by atoms with Gasteiger partial charge in [-0.2, -0.15) is 31.4 Å². The Morgan fingerprint density at radius 2 is 1.61 bits per heavy atom. The van der Waals surface area contributed by atoms with E-state index in [2.05, 4.69) is 38.1 Å². The van der Waals surface area contributed by atoms with Crippen LogP contribution in [-0.2, 0) is 34.5 Å². The van der Waals surface area contributed by atoms with E-state index in [1.807, 2.05) is 47.7 Å². The lowest BCUT2D eigenvalue weighted by atomic mass is 9.70. The molecule has 2 aliphatic heterocycles. The van der Waals surface area contributed by atoms with Crippen LogP contribution in [0, 0.1) is 5.41 Å². The number of hydrogen-bond acceptors (Lipinski definition) is 7. The number of alkyl halides is 6. The van der Waals surface area contributed by atoms with Gasteiger partial charge < -0.3 is 15.1 Å². The number of nitrogens with zero attached hydrogens (tertiary/aromatic N) is 5. The van der Waals surface area contributed by atoms with Crippen molar-refractivity contribution in [2.24, 2.45) is 12.5 Å². The zero-order valence-electron chi connectivity index (χ0n) is 23.3. The minimum absolute atomic E-state index is 0.149. The molecular weight excluding hydrogens is 620 g/mol. The van der Waals surface area contributed by atoms with E-state index in [4.69, 9.17) is 19.8 Å². The summed E-state index contributed by atoms with van der Waals surface area (Å²) in [6.45, 7) is 3.97. The molecule has 1 aromatic carbocycles. The average molecular weight is 650 g/mol. The molecule has 1 amide bonds. The van der Waals surface area contributed by atoms with Crippen LogP contribution in [0.2, 0.25) is 0 Å². The van der Waals surface area contributed by atoms with E-state index >= 15 is 0 Å². The van der Waals surface area contributed by atoms with Gasteiger partial charge in [0.15, 0.2) is 0 Å². The predicted octanol–water partition coefficient (Wildman–Crippen LogP) is 4.55. The van der Waals surface area contributed by atoms with Crippen LogP contribution in [0.4, 0.5) is 26.3 Å². The lowest BCUT2D eigenvalue weighted by Crippen LogP contribution is -2.52. The number of aromatic nitrogens is 3. The summed E-state index contributed by atoms with van der Waals surface area (Å²) in [7, 11) is 1.99. The Kier molecular flexibility index (Phi) is 11.1. The number of aryl methyl sites for hydroxylation is 1. The number of rotatable bonds is 5. The second-order valence-electron chi connectivity index (χ2n) is 10.1. The van der Waals surface area contributed by atoms with Gasteiger partial charge in [0.25, 0.3) is 0 Å². The first-order valence-corrected chi connectivity index (χ1v) is 13.9. The number of hydrogen-bond donors (Lipinski definition) is 2. The predicted molar refractivity (Wildman–Crippen MR) is 144 cm³/mol. The molecule has 2 N–H and O–H groups in total. The normalized spacial score (nSPS) is 20.5. The fourth-order valence-corrected chi connectivity index (χ4v) is 5.94. The fourth-order valence-electron chi connectivity index (χ4n) is 5.29. The number of piperidine rings is 1. The Bertz CT molecular complexity index is 1380. The van der Waals surface area contributed by atoms with E-state index in [0.717, 1.165) is 49.7 Å². The number of carboxylic acid groups (broad SMARTS) is 2. The maximum Gasteiger partial charge on any atom is 0.490 e. The third-order valence-corrected chi connectivity index (χ3v) is 7.90. The van der Waals surface area contributed by atoms with Crippen LogP contribution in [0.25, 0.3) is 0 Å². The van der Waals surface area contributed by atoms with Crippen LogP contribution in [0.5, 0.6) is 0 Å². The lowest BCUT2D eigenvalue weighted by Gasteiger charge is -2.42. The molecule has 2 fully saturated rings. The third-order valence-electron chi connectivity index (χ3n) is 7.14. The molecule has 0 aliphatic carbocycles. The Balaban J connectivity index is 0.000000317. The highest BCUT2D eigenvalue weighted by molar-refractivity contribution is 7.09. The van der Waals surface area contributed by atoms with E-state index in [-0.39, 0.29) is 5.92 Å². The minimum Gasteiger partial charge on any atom is -0.475 e. The van der Waals surface area contributed by atoms with E-state index < -0.39 is 29.7 Å². The average Bonchev–Trinajstić information content (AvgIpc) is 3.68. The van der Waals surface area contributed by atoms with E-state index in [1.165, 1.54) is 5.56 Å². The molecule has 17 heteroatoms. The first-order chi connectivity index (χ1) is 20.5. The van der Waals surface area contributed by atoms with Crippen molar-refractivity contribution in [3.8, 4) is 0 Å². The van der Waals surface area contributed by atoms with Crippen LogP contribution in [0.15, 0.2) is 54.2 Å². The van der Waals surface area contributed by atoms with Gasteiger partial charge in [0.1, 0.15) is 5.01 Å². The Hall–Kier alpha value is -3.99. The molecule has 2 aromatic heterocycles. The molecule has 2 aliphatic rings. The van der Waals surface area contributed by atoms with Gasteiger partial charge >= 0.3 is 24.3 Å². The molecule has 44 heavy (non-hydrogen) atoms. The summed E-state index contributed by atoms with van der Waals surface area (Å²) in [6.07, 6.45) is -4.49. The summed E-state index contributed by atoms with van der Waals surface area (Å²) in [6, 6.07) is 12.4. The monoisotopic (exact) mass is 649 g/mol. The Morgan fingerprint density at radius 3 is 2.11 bits per heavy atom. The van der Waals surface area contributed by atoms with Crippen molar-refractivity contribution in [3.05, 3.63) is 70.4 Å². The van der Waals surface area contributed by atoms with Gasteiger partial charge in [-0.1, -0.05) is 30.3 Å². The summed E-state index contributed by atoms with van der Waals surface area (Å²) in [4.78, 5) is 40.7. The number of benzene rings is 1. The maximum absolute atomic E-state index is 14.0. The third kappa shape index (κ3) is 8.78. The number of carbonyl (C=O) groups excluding carboxylic acids is 1. The van der Waals surface area contributed by atoms with E-state index in [0.29, 0.717) is 12.5 Å². The second-order valence-corrected chi connectivity index (χ2v) is 11.1. The summed E-state index contributed by atoms with van der Waals surface area (Å²) < 4.78 is 65.4. The smallest absolute Gasteiger partial charge is 0.475 e. The zero-order chi connectivity index (χ0) is 32.7. The molecule has 3 aromatic rings. The minimum atomic E-state index is -5.08. The van der Waals surface area contributed by atoms with Crippen LogP contribution < -0.4 is 0 Å². The largest absolute Gasteiger partial charge is 0.490 e. The van der Waals surface area contributed by atoms with Gasteiger partial charge in [0.2, 0.25) is 5.91 Å². The Labute approximate surface area is 251 Å². The maximum atomic E-state index is 14.0. The first-order valence-electron chi connectivity index (χ1n) is 13.1. The van der Waals surface area contributed by atoms with Gasteiger partial charge in [0, 0.05) is 62.6 Å². The van der Waals surface area contributed by atoms with Crippen molar-refractivity contribution >= 4 is 29.2 Å². The molecule has 0 bridgehead atoms. The van der Waals surface area contributed by atoms with Crippen molar-refractivity contribution in [2.75, 3.05) is 19.6 Å². The molecule has 5 rings (SSSR count). The molecule has 10 nitrogen and oxygen atoms in total. The van der Waals surface area contributed by atoms with Crippen molar-refractivity contribution in [1.29, 1.82) is 0 Å². The molecule has 0 saturated carbocycles.